The van der Waals surface area contributed by atoms with Crippen molar-refractivity contribution >= 4 is 11.9 Å². The third-order valence-electron chi connectivity index (χ3n) is 4.59. The number of aliphatic carboxylic acids is 1. The minimum absolute atomic E-state index is 0.226. The van der Waals surface area contributed by atoms with Gasteiger partial charge in [-0.2, -0.15) is 0 Å². The quantitative estimate of drug-likeness (QED) is 0.538. The zero-order valence-electron chi connectivity index (χ0n) is 15.8. The molecule has 0 saturated heterocycles. The van der Waals surface area contributed by atoms with E-state index in [-0.39, 0.29) is 12.2 Å². The molecule has 1 amide bonds. The molecular weight excluding hydrogens is 374 g/mol. The number of carboxylic acid groups (broad SMARTS) is 1. The van der Waals surface area contributed by atoms with Crippen LogP contribution in [0.1, 0.15) is 29.5 Å². The second kappa shape index (κ2) is 9.01. The minimum atomic E-state index is -0.946. The molecule has 3 aromatic rings. The zero-order valence-corrected chi connectivity index (χ0v) is 15.8. The highest BCUT2D eigenvalue weighted by molar-refractivity contribution is 5.90. The summed E-state index contributed by atoms with van der Waals surface area (Å²) >= 11 is 0. The number of nitrogens with one attached hydrogen (secondary N) is 2. The van der Waals surface area contributed by atoms with Gasteiger partial charge in [-0.15, -0.1) is 0 Å². The highest BCUT2D eigenvalue weighted by Gasteiger charge is 2.22. The standard InChI is InChI=1S/C21H21N3O5/c1-13(20(26)27)11-17(22-19(25)18-23-21(28)29-24-18)12-14-7-9-16(10-8-14)15-5-3-2-4-6-15/h2-10,13,17H,11-12H2,1H3,(H,22,25)(H,26,27)(H,23,24,28). The maximum Gasteiger partial charge on any atom is 0.439 e. The van der Waals surface area contributed by atoms with Gasteiger partial charge in [-0.1, -0.05) is 61.5 Å². The van der Waals surface area contributed by atoms with Gasteiger partial charge >= 0.3 is 11.7 Å². The van der Waals surface area contributed by atoms with Gasteiger partial charge in [-0.3, -0.25) is 19.1 Å². The van der Waals surface area contributed by atoms with Crippen LogP contribution in [0.2, 0.25) is 0 Å². The van der Waals surface area contributed by atoms with E-state index in [0.717, 1.165) is 16.7 Å². The van der Waals surface area contributed by atoms with Crippen LogP contribution in [0.15, 0.2) is 63.9 Å². The van der Waals surface area contributed by atoms with Gasteiger partial charge in [0.2, 0.25) is 5.82 Å². The molecule has 8 nitrogen and oxygen atoms in total. The molecule has 3 rings (SSSR count). The van der Waals surface area contributed by atoms with Gasteiger partial charge < -0.3 is 10.4 Å². The van der Waals surface area contributed by atoms with E-state index in [1.807, 2.05) is 54.6 Å². The smallest absolute Gasteiger partial charge is 0.439 e. The van der Waals surface area contributed by atoms with Crippen molar-refractivity contribution in [3.8, 4) is 11.1 Å². The van der Waals surface area contributed by atoms with Crippen molar-refractivity contribution < 1.29 is 19.2 Å². The number of hydrogen-bond acceptors (Lipinski definition) is 5. The molecule has 1 aromatic heterocycles. The Morgan fingerprint density at radius 3 is 2.34 bits per heavy atom. The Labute approximate surface area is 166 Å². The predicted molar refractivity (Wildman–Crippen MR) is 105 cm³/mol. The highest BCUT2D eigenvalue weighted by Crippen LogP contribution is 2.20. The first-order valence-electron chi connectivity index (χ1n) is 9.16. The van der Waals surface area contributed by atoms with Crippen LogP contribution < -0.4 is 11.1 Å². The van der Waals surface area contributed by atoms with Crippen LogP contribution in [-0.2, 0) is 11.2 Å². The SMILES string of the molecule is CC(CC(Cc1ccc(-c2ccccc2)cc1)NC(=O)c1noc(=O)[nH]1)C(=O)O. The Kier molecular flexibility index (Phi) is 6.23. The van der Waals surface area contributed by atoms with Crippen molar-refractivity contribution in [3.63, 3.8) is 0 Å². The van der Waals surface area contributed by atoms with E-state index in [2.05, 4.69) is 20.0 Å². The van der Waals surface area contributed by atoms with Gasteiger partial charge in [0.1, 0.15) is 0 Å². The zero-order chi connectivity index (χ0) is 20.8. The van der Waals surface area contributed by atoms with Crippen LogP contribution in [0.4, 0.5) is 0 Å². The van der Waals surface area contributed by atoms with E-state index in [1.165, 1.54) is 0 Å². The summed E-state index contributed by atoms with van der Waals surface area (Å²) in [5.41, 5.74) is 3.11. The number of hydrogen-bond donors (Lipinski definition) is 3. The van der Waals surface area contributed by atoms with Crippen LogP contribution in [-0.4, -0.2) is 33.2 Å². The molecule has 0 saturated carbocycles. The molecule has 0 radical (unpaired) electrons. The Bertz CT molecular complexity index is 1020. The maximum absolute atomic E-state index is 12.3. The lowest BCUT2D eigenvalue weighted by molar-refractivity contribution is -0.141. The summed E-state index contributed by atoms with van der Waals surface area (Å²) < 4.78 is 4.34. The monoisotopic (exact) mass is 395 g/mol. The number of carboxylic acids is 1. The van der Waals surface area contributed by atoms with Gasteiger partial charge in [-0.05, 0) is 34.7 Å². The lowest BCUT2D eigenvalue weighted by Crippen LogP contribution is -2.39. The summed E-state index contributed by atoms with van der Waals surface area (Å²) in [6.45, 7) is 1.58. The summed E-state index contributed by atoms with van der Waals surface area (Å²) in [4.78, 5) is 36.8. The van der Waals surface area contributed by atoms with Crippen LogP contribution in [0.3, 0.4) is 0 Å². The highest BCUT2D eigenvalue weighted by atomic mass is 16.5. The molecule has 0 spiro atoms. The number of rotatable bonds is 8. The average molecular weight is 395 g/mol. The molecular formula is C21H21N3O5. The Morgan fingerprint density at radius 2 is 1.76 bits per heavy atom. The largest absolute Gasteiger partial charge is 0.481 e. The molecule has 8 heteroatoms. The Morgan fingerprint density at radius 1 is 1.10 bits per heavy atom. The molecule has 1 heterocycles. The number of nitrogens with zero attached hydrogens (tertiary/aromatic N) is 1. The van der Waals surface area contributed by atoms with Crippen molar-refractivity contribution in [1.82, 2.24) is 15.5 Å². The second-order valence-electron chi connectivity index (χ2n) is 6.86. The van der Waals surface area contributed by atoms with Gasteiger partial charge in [0.25, 0.3) is 5.91 Å². The molecule has 0 fully saturated rings. The molecule has 0 bridgehead atoms. The maximum atomic E-state index is 12.3. The first-order valence-corrected chi connectivity index (χ1v) is 9.16. The van der Waals surface area contributed by atoms with Crippen LogP contribution in [0.5, 0.6) is 0 Å². The number of amides is 1. The number of H-pyrrole nitrogens is 1. The molecule has 2 aromatic carbocycles. The molecule has 3 N–H and O–H groups in total. The number of aromatic amines is 1. The lowest BCUT2D eigenvalue weighted by Gasteiger charge is -2.20. The lowest BCUT2D eigenvalue weighted by atomic mass is 9.95. The summed E-state index contributed by atoms with van der Waals surface area (Å²) in [6.07, 6.45) is 0.657. The van der Waals surface area contributed by atoms with Crippen molar-refractivity contribution in [1.29, 1.82) is 0 Å². The van der Waals surface area contributed by atoms with E-state index in [0.29, 0.717) is 6.42 Å². The van der Waals surface area contributed by atoms with E-state index in [1.54, 1.807) is 6.92 Å². The molecule has 0 aliphatic heterocycles. The van der Waals surface area contributed by atoms with Crippen molar-refractivity contribution in [2.24, 2.45) is 5.92 Å². The van der Waals surface area contributed by atoms with E-state index in [9.17, 15) is 19.5 Å². The minimum Gasteiger partial charge on any atom is -0.481 e. The van der Waals surface area contributed by atoms with Gasteiger partial charge in [-0.25, -0.2) is 4.79 Å². The Balaban J connectivity index is 1.74. The van der Waals surface area contributed by atoms with Gasteiger partial charge in [0, 0.05) is 6.04 Å². The fourth-order valence-electron chi connectivity index (χ4n) is 3.05. The molecule has 0 aliphatic rings. The normalized spacial score (nSPS) is 12.9. The van der Waals surface area contributed by atoms with Crippen molar-refractivity contribution in [2.45, 2.75) is 25.8 Å². The number of aromatic nitrogens is 2. The van der Waals surface area contributed by atoms with Crippen LogP contribution in [0, 0.1) is 5.92 Å². The van der Waals surface area contributed by atoms with Crippen molar-refractivity contribution in [2.75, 3.05) is 0 Å². The van der Waals surface area contributed by atoms with Crippen LogP contribution >= 0.6 is 0 Å². The predicted octanol–water partition coefficient (Wildman–Crippen LogP) is 2.48. The molecule has 150 valence electrons. The number of benzene rings is 2. The summed E-state index contributed by atoms with van der Waals surface area (Å²) in [7, 11) is 0. The molecule has 2 atom stereocenters. The van der Waals surface area contributed by atoms with Gasteiger partial charge in [0.15, 0.2) is 0 Å². The van der Waals surface area contributed by atoms with E-state index in [4.69, 9.17) is 0 Å². The van der Waals surface area contributed by atoms with Crippen molar-refractivity contribution in [3.05, 3.63) is 76.5 Å². The van der Waals surface area contributed by atoms with E-state index >= 15 is 0 Å². The first-order chi connectivity index (χ1) is 13.9. The molecule has 29 heavy (non-hydrogen) atoms. The summed E-state index contributed by atoms with van der Waals surface area (Å²) in [5, 5.41) is 15.3. The third kappa shape index (κ3) is 5.41. The van der Waals surface area contributed by atoms with Crippen LogP contribution in [0.25, 0.3) is 11.1 Å². The number of carbonyl (C=O) groups excluding carboxylic acids is 1. The Hall–Kier alpha value is -3.68. The topological polar surface area (TPSA) is 125 Å². The summed E-state index contributed by atoms with van der Waals surface area (Å²) in [5.74, 6) is -3.30. The fraction of sp³-hybridized carbons (Fsp3) is 0.238. The summed E-state index contributed by atoms with van der Waals surface area (Å²) in [6, 6.07) is 17.3. The second-order valence-corrected chi connectivity index (χ2v) is 6.86. The van der Waals surface area contributed by atoms with Gasteiger partial charge in [0.05, 0.1) is 5.92 Å². The third-order valence-corrected chi connectivity index (χ3v) is 4.59. The molecule has 2 unspecified atom stereocenters. The average Bonchev–Trinajstić information content (AvgIpc) is 3.15. The fourth-order valence-corrected chi connectivity index (χ4v) is 3.05. The molecule has 0 aliphatic carbocycles. The number of carbonyl (C=O) groups is 2. The first kappa shape index (κ1) is 20.1. The van der Waals surface area contributed by atoms with E-state index < -0.39 is 29.6 Å².